The van der Waals surface area contributed by atoms with Gasteiger partial charge < -0.3 is 10.4 Å². The van der Waals surface area contributed by atoms with Gasteiger partial charge in [-0.2, -0.15) is 0 Å². The van der Waals surface area contributed by atoms with Crippen LogP contribution in [0.2, 0.25) is 0 Å². The van der Waals surface area contributed by atoms with E-state index < -0.39 is 0 Å². The van der Waals surface area contributed by atoms with Crippen molar-refractivity contribution < 1.29 is 5.11 Å². The lowest BCUT2D eigenvalue weighted by atomic mass is 9.96. The summed E-state index contributed by atoms with van der Waals surface area (Å²) in [7, 11) is 0. The van der Waals surface area contributed by atoms with Crippen LogP contribution < -0.4 is 5.32 Å². The third-order valence-electron chi connectivity index (χ3n) is 2.85. The second kappa shape index (κ2) is 7.82. The smallest absolute Gasteiger partial charge is 0.187 e. The van der Waals surface area contributed by atoms with Crippen LogP contribution in [0.5, 0.6) is 0 Å². The van der Waals surface area contributed by atoms with Gasteiger partial charge in [0.15, 0.2) is 5.16 Å². The molecule has 0 bridgehead atoms. The Hall–Kier alpha value is -0.650. The summed E-state index contributed by atoms with van der Waals surface area (Å²) in [6.45, 7) is 8.42. The lowest BCUT2D eigenvalue weighted by molar-refractivity contribution is 0.156. The van der Waals surface area contributed by atoms with Crippen molar-refractivity contribution in [2.75, 3.05) is 12.4 Å². The number of rotatable bonds is 8. The monoisotopic (exact) mass is 283 g/mol. The Morgan fingerprint density at radius 2 is 2.00 bits per heavy atom. The first-order valence-electron chi connectivity index (χ1n) is 6.75. The highest BCUT2D eigenvalue weighted by Crippen LogP contribution is 2.18. The van der Waals surface area contributed by atoms with Crippen LogP contribution >= 0.6 is 11.8 Å². The first-order chi connectivity index (χ1) is 8.95. The Morgan fingerprint density at radius 1 is 1.37 bits per heavy atom. The number of nitrogens with one attached hydrogen (secondary N) is 1. The molecule has 1 aromatic heterocycles. The molecule has 0 amide bonds. The normalized spacial score (nSPS) is 14.6. The average molecular weight is 283 g/mol. The number of aliphatic hydroxyl groups is 1. The van der Waals surface area contributed by atoms with Gasteiger partial charge >= 0.3 is 0 Å². The van der Waals surface area contributed by atoms with E-state index in [9.17, 15) is 5.11 Å². The first kappa shape index (κ1) is 16.4. The standard InChI is InChI=1S/C14H25N3OS/c1-11(2)17-14(4,10-18)6-5-7-19-13-15-8-12(3)9-16-13/h8-9,11,17-18H,5-7,10H2,1-4H3. The van der Waals surface area contributed by atoms with Crippen LogP contribution in [0.25, 0.3) is 0 Å². The summed E-state index contributed by atoms with van der Waals surface area (Å²) in [4.78, 5) is 8.54. The van der Waals surface area contributed by atoms with Crippen molar-refractivity contribution >= 4 is 11.8 Å². The molecule has 0 aliphatic carbocycles. The predicted molar refractivity (Wildman–Crippen MR) is 80.5 cm³/mol. The van der Waals surface area contributed by atoms with Gasteiger partial charge in [-0.3, -0.25) is 0 Å². The predicted octanol–water partition coefficient (Wildman–Crippen LogP) is 2.41. The number of hydrogen-bond donors (Lipinski definition) is 2. The summed E-state index contributed by atoms with van der Waals surface area (Å²) in [5.41, 5.74) is 0.890. The summed E-state index contributed by atoms with van der Waals surface area (Å²) in [6.07, 6.45) is 5.65. The fourth-order valence-corrected chi connectivity index (χ4v) is 2.70. The Kier molecular flexibility index (Phi) is 6.75. The molecule has 0 saturated carbocycles. The Labute approximate surface area is 120 Å². The quantitative estimate of drug-likeness (QED) is 0.436. The number of aryl methyl sites for hydroxylation is 1. The molecule has 4 nitrogen and oxygen atoms in total. The highest BCUT2D eigenvalue weighted by Gasteiger charge is 2.23. The van der Waals surface area contributed by atoms with E-state index in [4.69, 9.17) is 0 Å². The van der Waals surface area contributed by atoms with E-state index in [1.165, 1.54) is 0 Å². The van der Waals surface area contributed by atoms with Gasteiger partial charge in [0.1, 0.15) is 0 Å². The second-order valence-corrected chi connectivity index (χ2v) is 6.57. The third kappa shape index (κ3) is 6.36. The molecule has 2 N–H and O–H groups in total. The molecule has 0 saturated heterocycles. The van der Waals surface area contributed by atoms with Crippen LogP contribution in [0.4, 0.5) is 0 Å². The minimum absolute atomic E-state index is 0.164. The van der Waals surface area contributed by atoms with Crippen molar-refractivity contribution in [3.8, 4) is 0 Å². The molecule has 1 rings (SSSR count). The van der Waals surface area contributed by atoms with Gasteiger partial charge in [0.2, 0.25) is 0 Å². The molecular weight excluding hydrogens is 258 g/mol. The van der Waals surface area contributed by atoms with Crippen molar-refractivity contribution in [2.24, 2.45) is 0 Å². The molecular formula is C14H25N3OS. The largest absolute Gasteiger partial charge is 0.394 e. The number of hydrogen-bond acceptors (Lipinski definition) is 5. The summed E-state index contributed by atoms with van der Waals surface area (Å²) in [6, 6.07) is 0.380. The fraction of sp³-hybridized carbons (Fsp3) is 0.714. The topological polar surface area (TPSA) is 58.0 Å². The highest BCUT2D eigenvalue weighted by molar-refractivity contribution is 7.99. The lowest BCUT2D eigenvalue weighted by Crippen LogP contribution is -2.49. The molecule has 1 unspecified atom stereocenters. The van der Waals surface area contributed by atoms with E-state index in [1.807, 2.05) is 19.3 Å². The maximum Gasteiger partial charge on any atom is 0.187 e. The van der Waals surface area contributed by atoms with Crippen molar-refractivity contribution in [2.45, 2.75) is 57.3 Å². The molecule has 19 heavy (non-hydrogen) atoms. The fourth-order valence-electron chi connectivity index (χ4n) is 1.97. The van der Waals surface area contributed by atoms with E-state index in [1.54, 1.807) is 11.8 Å². The van der Waals surface area contributed by atoms with Crippen molar-refractivity contribution in [3.63, 3.8) is 0 Å². The summed E-state index contributed by atoms with van der Waals surface area (Å²) in [5, 5.41) is 13.7. The SMILES string of the molecule is Cc1cnc(SCCCC(C)(CO)NC(C)C)nc1. The number of thioether (sulfide) groups is 1. The molecule has 0 radical (unpaired) electrons. The maximum atomic E-state index is 9.49. The van der Waals surface area contributed by atoms with Gasteiger partial charge in [0, 0.05) is 29.7 Å². The minimum atomic E-state index is -0.192. The molecule has 0 aromatic carbocycles. The molecule has 1 heterocycles. The van der Waals surface area contributed by atoms with Crippen LogP contribution in [0, 0.1) is 6.92 Å². The first-order valence-corrected chi connectivity index (χ1v) is 7.74. The summed E-state index contributed by atoms with van der Waals surface area (Å²) in [5.74, 6) is 0.971. The zero-order chi connectivity index (χ0) is 14.3. The van der Waals surface area contributed by atoms with Crippen LogP contribution in [-0.4, -0.2) is 39.0 Å². The van der Waals surface area contributed by atoms with Crippen molar-refractivity contribution in [1.82, 2.24) is 15.3 Å². The molecule has 1 atom stereocenters. The molecule has 0 fully saturated rings. The van der Waals surface area contributed by atoms with Crippen LogP contribution in [-0.2, 0) is 0 Å². The van der Waals surface area contributed by atoms with Crippen molar-refractivity contribution in [1.29, 1.82) is 0 Å². The maximum absolute atomic E-state index is 9.49. The van der Waals surface area contributed by atoms with Gasteiger partial charge in [0.05, 0.1) is 6.61 Å². The van der Waals surface area contributed by atoms with Crippen molar-refractivity contribution in [3.05, 3.63) is 18.0 Å². The van der Waals surface area contributed by atoms with Crippen LogP contribution in [0.3, 0.4) is 0 Å². The van der Waals surface area contributed by atoms with E-state index in [2.05, 4.69) is 36.1 Å². The zero-order valence-corrected chi connectivity index (χ0v) is 13.1. The number of nitrogens with zero attached hydrogens (tertiary/aromatic N) is 2. The van der Waals surface area contributed by atoms with Gasteiger partial charge in [-0.1, -0.05) is 25.6 Å². The van der Waals surface area contributed by atoms with Crippen LogP contribution in [0.15, 0.2) is 17.6 Å². The Balaban J connectivity index is 2.31. The number of aliphatic hydroxyl groups excluding tert-OH is 1. The van der Waals surface area contributed by atoms with Crippen LogP contribution in [0.1, 0.15) is 39.2 Å². The molecule has 0 aliphatic heterocycles. The molecule has 0 spiro atoms. The van der Waals surface area contributed by atoms with Gasteiger partial charge in [-0.05, 0) is 32.3 Å². The number of aromatic nitrogens is 2. The average Bonchev–Trinajstić information content (AvgIpc) is 2.36. The molecule has 5 heteroatoms. The Morgan fingerprint density at radius 3 is 2.53 bits per heavy atom. The molecule has 0 aliphatic rings. The lowest BCUT2D eigenvalue weighted by Gasteiger charge is -2.31. The minimum Gasteiger partial charge on any atom is -0.394 e. The second-order valence-electron chi connectivity index (χ2n) is 5.51. The third-order valence-corrected chi connectivity index (χ3v) is 3.81. The highest BCUT2D eigenvalue weighted by atomic mass is 32.2. The summed E-state index contributed by atoms with van der Waals surface area (Å²) < 4.78 is 0. The summed E-state index contributed by atoms with van der Waals surface area (Å²) >= 11 is 1.67. The van der Waals surface area contributed by atoms with E-state index in [0.717, 1.165) is 29.3 Å². The molecule has 1 aromatic rings. The van der Waals surface area contributed by atoms with Gasteiger partial charge in [-0.15, -0.1) is 0 Å². The van der Waals surface area contributed by atoms with E-state index in [0.29, 0.717) is 6.04 Å². The van der Waals surface area contributed by atoms with E-state index >= 15 is 0 Å². The van der Waals surface area contributed by atoms with E-state index in [-0.39, 0.29) is 12.1 Å². The Bertz CT molecular complexity index is 369. The van der Waals surface area contributed by atoms with Gasteiger partial charge in [0.25, 0.3) is 0 Å². The molecule has 108 valence electrons. The van der Waals surface area contributed by atoms with Gasteiger partial charge in [-0.25, -0.2) is 9.97 Å². The zero-order valence-electron chi connectivity index (χ0n) is 12.3.